The van der Waals surface area contributed by atoms with Crippen molar-refractivity contribution in [1.82, 2.24) is 15.1 Å². The van der Waals surface area contributed by atoms with E-state index in [1.807, 2.05) is 6.92 Å². The number of aromatic nitrogens is 2. The van der Waals surface area contributed by atoms with E-state index in [9.17, 15) is 19.7 Å². The molecule has 0 aliphatic carbocycles. The summed E-state index contributed by atoms with van der Waals surface area (Å²) in [4.78, 5) is 35.2. The Hall–Kier alpha value is -2.88. The first-order chi connectivity index (χ1) is 12.7. The Morgan fingerprint density at radius 3 is 2.44 bits per heavy atom. The number of hydrogen-bond acceptors (Lipinski definition) is 6. The number of non-ortho nitro benzene ring substituents is 1. The van der Waals surface area contributed by atoms with Crippen LogP contribution in [0.25, 0.3) is 0 Å². The first-order valence-electron chi connectivity index (χ1n) is 8.18. The fourth-order valence-corrected chi connectivity index (χ4v) is 3.25. The topological polar surface area (TPSA) is 119 Å². The number of hydrogen-bond donors (Lipinski definition) is 2. The van der Waals surface area contributed by atoms with Gasteiger partial charge in [0.1, 0.15) is 0 Å². The maximum absolute atomic E-state index is 12.2. The molecule has 2 amide bonds. The minimum atomic E-state index is -0.477. The zero-order valence-electron chi connectivity index (χ0n) is 15.5. The number of nitrogens with zero attached hydrogens (tertiary/aromatic N) is 3. The van der Waals surface area contributed by atoms with Crippen LogP contribution in [0.1, 0.15) is 18.3 Å². The van der Waals surface area contributed by atoms with E-state index in [1.54, 1.807) is 37.7 Å². The van der Waals surface area contributed by atoms with Crippen LogP contribution < -0.4 is 10.6 Å². The van der Waals surface area contributed by atoms with Gasteiger partial charge in [0, 0.05) is 24.1 Å². The number of nitrogens with one attached hydrogen (secondary N) is 2. The third-order valence-electron chi connectivity index (χ3n) is 3.93. The maximum Gasteiger partial charge on any atom is 0.269 e. The van der Waals surface area contributed by atoms with Crippen LogP contribution in [-0.4, -0.2) is 38.3 Å². The van der Waals surface area contributed by atoms with E-state index in [1.165, 1.54) is 23.9 Å². The smallest absolute Gasteiger partial charge is 0.269 e. The van der Waals surface area contributed by atoms with Gasteiger partial charge < -0.3 is 10.6 Å². The lowest BCUT2D eigenvalue weighted by molar-refractivity contribution is -0.384. The minimum absolute atomic E-state index is 0.00545. The number of carbonyl (C=O) groups is 2. The molecule has 0 saturated heterocycles. The molecule has 1 aromatic carbocycles. The van der Waals surface area contributed by atoms with E-state index in [-0.39, 0.29) is 24.0 Å². The zero-order chi connectivity index (χ0) is 20.1. The number of rotatable bonds is 7. The summed E-state index contributed by atoms with van der Waals surface area (Å²) in [6.45, 7) is 5.19. The fourth-order valence-electron chi connectivity index (χ4n) is 2.35. The van der Waals surface area contributed by atoms with Gasteiger partial charge in [0.15, 0.2) is 0 Å². The van der Waals surface area contributed by atoms with Crippen molar-refractivity contribution in [2.75, 3.05) is 11.9 Å². The molecular weight excluding hydrogens is 370 g/mol. The summed E-state index contributed by atoms with van der Waals surface area (Å²) in [5.41, 5.74) is 2.17. The SMILES string of the molecule is Cc1nn(C)c(C)c1NC(=O)CNC(=O)[C@H](C)Sc1ccc([N+](=O)[O-])cc1. The summed E-state index contributed by atoms with van der Waals surface area (Å²) in [5, 5.41) is 19.8. The zero-order valence-corrected chi connectivity index (χ0v) is 16.3. The number of nitro benzene ring substituents is 1. The highest BCUT2D eigenvalue weighted by molar-refractivity contribution is 8.00. The monoisotopic (exact) mass is 391 g/mol. The number of benzene rings is 1. The van der Waals surface area contributed by atoms with Crippen molar-refractivity contribution < 1.29 is 14.5 Å². The number of thioether (sulfide) groups is 1. The van der Waals surface area contributed by atoms with Crippen molar-refractivity contribution in [1.29, 1.82) is 0 Å². The highest BCUT2D eigenvalue weighted by Gasteiger charge is 2.17. The van der Waals surface area contributed by atoms with E-state index >= 15 is 0 Å². The van der Waals surface area contributed by atoms with Gasteiger partial charge in [-0.05, 0) is 32.9 Å². The molecule has 2 rings (SSSR count). The second-order valence-electron chi connectivity index (χ2n) is 5.95. The van der Waals surface area contributed by atoms with Gasteiger partial charge in [0.25, 0.3) is 5.69 Å². The van der Waals surface area contributed by atoms with Crippen molar-refractivity contribution in [3.05, 3.63) is 45.8 Å². The van der Waals surface area contributed by atoms with E-state index in [2.05, 4.69) is 15.7 Å². The number of nitro groups is 1. The molecule has 0 aliphatic heterocycles. The highest BCUT2D eigenvalue weighted by atomic mass is 32.2. The Morgan fingerprint density at radius 1 is 1.30 bits per heavy atom. The third-order valence-corrected chi connectivity index (χ3v) is 5.04. The lowest BCUT2D eigenvalue weighted by Gasteiger charge is -2.12. The summed E-state index contributed by atoms with van der Waals surface area (Å²) >= 11 is 1.26. The van der Waals surface area contributed by atoms with Crippen LogP contribution in [0.3, 0.4) is 0 Å². The van der Waals surface area contributed by atoms with Gasteiger partial charge in [0.2, 0.25) is 11.8 Å². The molecule has 0 aliphatic rings. The molecule has 9 nitrogen and oxygen atoms in total. The molecule has 0 unspecified atom stereocenters. The van der Waals surface area contributed by atoms with Gasteiger partial charge in [-0.3, -0.25) is 24.4 Å². The molecule has 0 saturated carbocycles. The largest absolute Gasteiger partial charge is 0.346 e. The van der Waals surface area contributed by atoms with Crippen LogP contribution in [0.15, 0.2) is 29.2 Å². The molecule has 10 heteroatoms. The molecule has 144 valence electrons. The van der Waals surface area contributed by atoms with Crippen LogP contribution in [0.5, 0.6) is 0 Å². The first kappa shape index (κ1) is 20.4. The molecule has 0 fully saturated rings. The second kappa shape index (κ2) is 8.67. The summed E-state index contributed by atoms with van der Waals surface area (Å²) in [5.74, 6) is -0.636. The average molecular weight is 391 g/mol. The normalized spacial score (nSPS) is 11.7. The Balaban J connectivity index is 1.85. The molecule has 27 heavy (non-hydrogen) atoms. The molecule has 2 N–H and O–H groups in total. The lowest BCUT2D eigenvalue weighted by atomic mass is 10.3. The highest BCUT2D eigenvalue weighted by Crippen LogP contribution is 2.25. The van der Waals surface area contributed by atoms with Crippen molar-refractivity contribution in [2.45, 2.75) is 30.9 Å². The second-order valence-corrected chi connectivity index (χ2v) is 7.36. The van der Waals surface area contributed by atoms with Crippen molar-refractivity contribution in [3.63, 3.8) is 0 Å². The van der Waals surface area contributed by atoms with E-state index in [0.717, 1.165) is 10.6 Å². The quantitative estimate of drug-likeness (QED) is 0.424. The Kier molecular flexibility index (Phi) is 6.56. The summed E-state index contributed by atoms with van der Waals surface area (Å²) < 4.78 is 1.67. The van der Waals surface area contributed by atoms with Crippen LogP contribution in [0.4, 0.5) is 11.4 Å². The maximum atomic E-state index is 12.2. The van der Waals surface area contributed by atoms with Crippen LogP contribution in [0, 0.1) is 24.0 Å². The third kappa shape index (κ3) is 5.30. The number of aryl methyl sites for hydroxylation is 2. The van der Waals surface area contributed by atoms with Crippen molar-refractivity contribution in [2.24, 2.45) is 7.05 Å². The molecule has 1 heterocycles. The predicted octanol–water partition coefficient (Wildman–Crippen LogP) is 2.18. The summed E-state index contributed by atoms with van der Waals surface area (Å²) in [6, 6.07) is 5.96. The van der Waals surface area contributed by atoms with Gasteiger partial charge in [-0.15, -0.1) is 11.8 Å². The lowest BCUT2D eigenvalue weighted by Crippen LogP contribution is -2.37. The average Bonchev–Trinajstić information content (AvgIpc) is 2.86. The minimum Gasteiger partial charge on any atom is -0.346 e. The van der Waals surface area contributed by atoms with E-state index in [4.69, 9.17) is 0 Å². The molecular formula is C17H21N5O4S. The molecule has 1 atom stereocenters. The van der Waals surface area contributed by atoms with Gasteiger partial charge in [0.05, 0.1) is 33.8 Å². The Bertz CT molecular complexity index is 863. The van der Waals surface area contributed by atoms with Crippen molar-refractivity contribution in [3.8, 4) is 0 Å². The Morgan fingerprint density at radius 2 is 1.93 bits per heavy atom. The van der Waals surface area contributed by atoms with Gasteiger partial charge >= 0.3 is 0 Å². The molecule has 0 bridgehead atoms. The standard InChI is InChI=1S/C17H21N5O4S/c1-10-16(11(2)21(4)20-10)19-15(23)9-18-17(24)12(3)27-14-7-5-13(6-8-14)22(25)26/h5-8,12H,9H2,1-4H3,(H,18,24)(H,19,23)/t12-/m0/s1. The first-order valence-corrected chi connectivity index (χ1v) is 9.06. The molecule has 0 radical (unpaired) electrons. The van der Waals surface area contributed by atoms with E-state index in [0.29, 0.717) is 11.4 Å². The van der Waals surface area contributed by atoms with Gasteiger partial charge in [-0.25, -0.2) is 0 Å². The molecule has 2 aromatic rings. The number of carbonyl (C=O) groups excluding carboxylic acids is 2. The van der Waals surface area contributed by atoms with E-state index < -0.39 is 10.2 Å². The van der Waals surface area contributed by atoms with Crippen LogP contribution >= 0.6 is 11.8 Å². The fraction of sp³-hybridized carbons (Fsp3) is 0.353. The van der Waals surface area contributed by atoms with Gasteiger partial charge in [-0.2, -0.15) is 5.10 Å². The predicted molar refractivity (Wildman–Crippen MR) is 103 cm³/mol. The van der Waals surface area contributed by atoms with Crippen LogP contribution in [0.2, 0.25) is 0 Å². The van der Waals surface area contributed by atoms with Crippen molar-refractivity contribution >= 4 is 35.0 Å². The Labute approximate surface area is 160 Å². The molecule has 0 spiro atoms. The number of amides is 2. The van der Waals surface area contributed by atoms with Gasteiger partial charge in [-0.1, -0.05) is 0 Å². The summed E-state index contributed by atoms with van der Waals surface area (Å²) in [6.07, 6.45) is 0. The summed E-state index contributed by atoms with van der Waals surface area (Å²) in [7, 11) is 1.79. The number of anilines is 1. The van der Waals surface area contributed by atoms with Crippen LogP contribution in [-0.2, 0) is 16.6 Å². The molecule has 1 aromatic heterocycles.